The third kappa shape index (κ3) is 3.44. The number of anilines is 1. The molecule has 3 atom stereocenters. The second-order valence-electron chi connectivity index (χ2n) is 9.26. The molecule has 0 amide bonds. The summed E-state index contributed by atoms with van der Waals surface area (Å²) in [6.07, 6.45) is 0. The van der Waals surface area contributed by atoms with Crippen LogP contribution >= 0.6 is 7.92 Å². The molecule has 0 saturated heterocycles. The zero-order valence-corrected chi connectivity index (χ0v) is 18.6. The average Bonchev–Trinajstić information content (AvgIpc) is 2.90. The van der Waals surface area contributed by atoms with E-state index in [2.05, 4.69) is 107 Å². The lowest BCUT2D eigenvalue weighted by Gasteiger charge is -2.45. The van der Waals surface area contributed by atoms with Gasteiger partial charge in [-0.3, -0.25) is 0 Å². The Labute approximate surface area is 156 Å². The molecule has 3 heteroatoms. The summed E-state index contributed by atoms with van der Waals surface area (Å²) in [7, 11) is -1.63. The molecule has 0 bridgehead atoms. The highest BCUT2D eigenvalue weighted by Crippen LogP contribution is 2.63. The van der Waals surface area contributed by atoms with E-state index in [1.165, 1.54) is 11.3 Å². The second-order valence-corrected chi connectivity index (χ2v) is 18.1. The number of rotatable bonds is 3. The largest absolute Gasteiger partial charge is 0.360 e. The monoisotopic (exact) mass is 369 g/mol. The van der Waals surface area contributed by atoms with Crippen LogP contribution in [0.4, 0.5) is 5.69 Å². The summed E-state index contributed by atoms with van der Waals surface area (Å²) in [4.78, 5) is 2.79. The fourth-order valence-corrected chi connectivity index (χ4v) is 13.0. The molecule has 0 radical (unpaired) electrons. The van der Waals surface area contributed by atoms with Crippen molar-refractivity contribution in [1.82, 2.24) is 0 Å². The summed E-state index contributed by atoms with van der Waals surface area (Å²) < 4.78 is 0. The summed E-state index contributed by atoms with van der Waals surface area (Å²) in [6, 6.07) is 20.6. The summed E-state index contributed by atoms with van der Waals surface area (Å²) in [5, 5.41) is 2.61. The summed E-state index contributed by atoms with van der Waals surface area (Å²) in [5.41, 5.74) is 2.90. The van der Waals surface area contributed by atoms with E-state index in [1.807, 2.05) is 0 Å². The molecule has 1 unspecified atom stereocenters. The molecule has 3 rings (SSSR count). The molecule has 0 N–H and O–H groups in total. The third-order valence-electron chi connectivity index (χ3n) is 5.12. The van der Waals surface area contributed by atoms with Crippen molar-refractivity contribution in [3.05, 3.63) is 60.2 Å². The maximum absolute atomic E-state index is 2.79. The standard InChI is InChI=1S/C22H32NPSi/c1-17(18-13-9-8-10-14-18)23-19-15-11-12-16-20(19)24(22(2,3)4)21(23)25(5,6)7/h8-17,21H,1-7H3/t17-,21-,24?/m0/s1. The molecule has 1 heterocycles. The van der Waals surface area contributed by atoms with Crippen molar-refractivity contribution in [2.75, 3.05) is 4.90 Å². The van der Waals surface area contributed by atoms with E-state index in [4.69, 9.17) is 0 Å². The molecule has 134 valence electrons. The van der Waals surface area contributed by atoms with Crippen LogP contribution in [0.25, 0.3) is 0 Å². The molecule has 0 saturated carbocycles. The van der Waals surface area contributed by atoms with Crippen molar-refractivity contribution in [1.29, 1.82) is 0 Å². The molecule has 1 aliphatic rings. The predicted octanol–water partition coefficient (Wildman–Crippen LogP) is 6.38. The number of para-hydroxylation sites is 1. The molecule has 25 heavy (non-hydrogen) atoms. The zero-order chi connectivity index (χ0) is 18.4. The minimum atomic E-state index is -1.40. The first-order valence-electron chi connectivity index (χ1n) is 9.34. The van der Waals surface area contributed by atoms with Crippen LogP contribution in [0.3, 0.4) is 0 Å². The normalized spacial score (nSPS) is 22.0. The fraction of sp³-hybridized carbons (Fsp3) is 0.455. The molecule has 0 spiro atoms. The van der Waals surface area contributed by atoms with Gasteiger partial charge >= 0.3 is 0 Å². The van der Waals surface area contributed by atoms with Gasteiger partial charge in [-0.25, -0.2) is 0 Å². The van der Waals surface area contributed by atoms with Gasteiger partial charge in [0.25, 0.3) is 0 Å². The zero-order valence-electron chi connectivity index (χ0n) is 16.7. The molecule has 0 aromatic heterocycles. The molecular formula is C22H32NPSi. The highest BCUT2D eigenvalue weighted by Gasteiger charge is 2.50. The summed E-state index contributed by atoms with van der Waals surface area (Å²) in [6.45, 7) is 17.4. The SMILES string of the molecule is C[C@@H](c1ccccc1)N1c2ccccc2P(C(C)(C)C)[C@H]1[Si](C)(C)C. The van der Waals surface area contributed by atoms with Crippen LogP contribution in [-0.4, -0.2) is 18.6 Å². The Morgan fingerprint density at radius 3 is 2.04 bits per heavy atom. The highest BCUT2D eigenvalue weighted by atomic mass is 31.1. The van der Waals surface area contributed by atoms with E-state index in [-0.39, 0.29) is 7.92 Å². The second kappa shape index (κ2) is 6.56. The van der Waals surface area contributed by atoms with Crippen LogP contribution in [0.1, 0.15) is 39.3 Å². The lowest BCUT2D eigenvalue weighted by Crippen LogP contribution is -2.50. The molecule has 1 nitrogen and oxygen atoms in total. The van der Waals surface area contributed by atoms with Gasteiger partial charge in [-0.2, -0.15) is 0 Å². The topological polar surface area (TPSA) is 3.24 Å². The van der Waals surface area contributed by atoms with Crippen LogP contribution in [0.15, 0.2) is 54.6 Å². The highest BCUT2D eigenvalue weighted by molar-refractivity contribution is 7.71. The quantitative estimate of drug-likeness (QED) is 0.448. The van der Waals surface area contributed by atoms with Gasteiger partial charge in [0.05, 0.1) is 14.1 Å². The Hall–Kier alpha value is -1.11. The first-order valence-corrected chi connectivity index (χ1v) is 14.3. The average molecular weight is 370 g/mol. The maximum atomic E-state index is 2.79. The molecule has 0 fully saturated rings. The maximum Gasteiger partial charge on any atom is 0.0764 e. The smallest absolute Gasteiger partial charge is 0.0764 e. The van der Waals surface area contributed by atoms with Crippen molar-refractivity contribution in [2.24, 2.45) is 0 Å². The number of hydrogen-bond acceptors (Lipinski definition) is 1. The van der Waals surface area contributed by atoms with Gasteiger partial charge in [0, 0.05) is 16.4 Å². The van der Waals surface area contributed by atoms with Gasteiger partial charge in [0.1, 0.15) is 0 Å². The summed E-state index contributed by atoms with van der Waals surface area (Å²) >= 11 is 0. The van der Waals surface area contributed by atoms with Gasteiger partial charge in [-0.05, 0) is 31.6 Å². The first kappa shape index (κ1) is 18.7. The first-order chi connectivity index (χ1) is 11.6. The Bertz CT molecular complexity index is 730. The van der Waals surface area contributed by atoms with Gasteiger partial charge in [-0.15, -0.1) is 0 Å². The minimum absolute atomic E-state index is 0.228. The number of fused-ring (bicyclic) bond motifs is 1. The van der Waals surface area contributed by atoms with E-state index in [1.54, 1.807) is 5.30 Å². The minimum Gasteiger partial charge on any atom is -0.360 e. The Balaban J connectivity index is 2.18. The van der Waals surface area contributed by atoms with Crippen molar-refractivity contribution in [2.45, 2.75) is 63.9 Å². The van der Waals surface area contributed by atoms with Gasteiger partial charge in [-0.1, -0.05) is 88.9 Å². The summed E-state index contributed by atoms with van der Waals surface area (Å²) in [5.74, 6) is 0. The third-order valence-corrected chi connectivity index (χ3v) is 13.1. The van der Waals surface area contributed by atoms with Crippen LogP contribution in [-0.2, 0) is 0 Å². The van der Waals surface area contributed by atoms with Crippen molar-refractivity contribution >= 4 is 27.0 Å². The molecular weight excluding hydrogens is 337 g/mol. The van der Waals surface area contributed by atoms with Crippen LogP contribution in [0.2, 0.25) is 19.6 Å². The number of nitrogens with zero attached hydrogens (tertiary/aromatic N) is 1. The van der Waals surface area contributed by atoms with Crippen LogP contribution in [0, 0.1) is 0 Å². The van der Waals surface area contributed by atoms with E-state index in [0.717, 1.165) is 0 Å². The lowest BCUT2D eigenvalue weighted by molar-refractivity contribution is 0.695. The van der Waals surface area contributed by atoms with Crippen LogP contribution < -0.4 is 10.2 Å². The van der Waals surface area contributed by atoms with Crippen molar-refractivity contribution < 1.29 is 0 Å². The van der Waals surface area contributed by atoms with Gasteiger partial charge in [0.2, 0.25) is 0 Å². The van der Waals surface area contributed by atoms with E-state index < -0.39 is 8.07 Å². The molecule has 2 aromatic carbocycles. The van der Waals surface area contributed by atoms with Crippen molar-refractivity contribution in [3.63, 3.8) is 0 Å². The molecule has 1 aliphatic heterocycles. The lowest BCUT2D eigenvalue weighted by atomic mass is 10.1. The van der Waals surface area contributed by atoms with Gasteiger partial charge < -0.3 is 4.90 Å². The Kier molecular flexibility index (Phi) is 4.90. The van der Waals surface area contributed by atoms with E-state index >= 15 is 0 Å². The van der Waals surface area contributed by atoms with Gasteiger partial charge in [0.15, 0.2) is 0 Å². The van der Waals surface area contributed by atoms with E-state index in [0.29, 0.717) is 16.6 Å². The van der Waals surface area contributed by atoms with Crippen LogP contribution in [0.5, 0.6) is 0 Å². The Morgan fingerprint density at radius 2 is 1.48 bits per heavy atom. The van der Waals surface area contributed by atoms with Crippen molar-refractivity contribution in [3.8, 4) is 0 Å². The molecule has 2 aromatic rings. The fourth-order valence-electron chi connectivity index (χ4n) is 4.12. The predicted molar refractivity (Wildman–Crippen MR) is 117 cm³/mol. The number of benzene rings is 2. The Morgan fingerprint density at radius 1 is 0.920 bits per heavy atom. The molecule has 0 aliphatic carbocycles. The number of hydrogen-bond donors (Lipinski definition) is 0. The van der Waals surface area contributed by atoms with E-state index in [9.17, 15) is 0 Å².